The number of halogens is 3. The van der Waals surface area contributed by atoms with Crippen LogP contribution >= 0.6 is 11.6 Å². The van der Waals surface area contributed by atoms with Gasteiger partial charge in [-0.05, 0) is 44.4 Å². The highest BCUT2D eigenvalue weighted by atomic mass is 35.5. The predicted octanol–water partition coefficient (Wildman–Crippen LogP) is 2.78. The minimum Gasteiger partial charge on any atom is -0.494 e. The first-order valence-corrected chi connectivity index (χ1v) is 12.3. The summed E-state index contributed by atoms with van der Waals surface area (Å²) >= 11 is 6.35. The van der Waals surface area contributed by atoms with E-state index in [1.807, 2.05) is 0 Å². The van der Waals surface area contributed by atoms with Crippen molar-refractivity contribution in [2.24, 2.45) is 7.05 Å². The van der Waals surface area contributed by atoms with Crippen molar-refractivity contribution < 1.29 is 27.9 Å². The van der Waals surface area contributed by atoms with Crippen LogP contribution in [-0.2, 0) is 11.8 Å². The highest BCUT2D eigenvalue weighted by molar-refractivity contribution is 6.34. The summed E-state index contributed by atoms with van der Waals surface area (Å²) < 4.78 is 34.9. The molecule has 0 unspecified atom stereocenters. The van der Waals surface area contributed by atoms with Crippen LogP contribution in [0.2, 0.25) is 5.02 Å². The van der Waals surface area contributed by atoms with Gasteiger partial charge in [-0.1, -0.05) is 11.6 Å². The van der Waals surface area contributed by atoms with Gasteiger partial charge >= 0.3 is 0 Å². The third-order valence-electron chi connectivity index (χ3n) is 6.19. The van der Waals surface area contributed by atoms with Crippen LogP contribution in [-0.4, -0.2) is 84.0 Å². The lowest BCUT2D eigenvalue weighted by molar-refractivity contribution is -0.123. The number of aromatic nitrogens is 2. The molecule has 13 heteroatoms. The average molecular weight is 561 g/mol. The number of anilines is 1. The Hall–Kier alpha value is -4.03. The fourth-order valence-corrected chi connectivity index (χ4v) is 4.44. The topological polar surface area (TPSA) is 109 Å². The van der Waals surface area contributed by atoms with Gasteiger partial charge in [0.05, 0.1) is 42.2 Å². The minimum atomic E-state index is -1.14. The lowest BCUT2D eigenvalue weighted by atomic mass is 10.1. The molecule has 3 amide bonds. The summed E-state index contributed by atoms with van der Waals surface area (Å²) in [5, 5.41) is 5.64. The number of amides is 3. The van der Waals surface area contributed by atoms with Crippen LogP contribution in [0, 0.1) is 11.6 Å². The quantitative estimate of drug-likeness (QED) is 0.439. The van der Waals surface area contributed by atoms with E-state index >= 15 is 0 Å². The van der Waals surface area contributed by atoms with Gasteiger partial charge in [-0.2, -0.15) is 4.39 Å². The molecule has 0 radical (unpaired) electrons. The third-order valence-corrected chi connectivity index (χ3v) is 6.50. The summed E-state index contributed by atoms with van der Waals surface area (Å²) in [5.74, 6) is -3.59. The number of nitrogens with zero attached hydrogens (tertiary/aromatic N) is 4. The van der Waals surface area contributed by atoms with Crippen LogP contribution in [0.1, 0.15) is 21.0 Å². The summed E-state index contributed by atoms with van der Waals surface area (Å²) in [6.45, 7) is 1.000. The Morgan fingerprint density at radius 2 is 1.87 bits per heavy atom. The Morgan fingerprint density at radius 1 is 1.15 bits per heavy atom. The molecule has 39 heavy (non-hydrogen) atoms. The van der Waals surface area contributed by atoms with Gasteiger partial charge in [0.1, 0.15) is 0 Å². The number of carbonyl (C=O) groups excluding carboxylic acids is 3. The second-order valence-corrected chi connectivity index (χ2v) is 9.74. The molecule has 0 atom stereocenters. The Kier molecular flexibility index (Phi) is 8.17. The number of benzene rings is 2. The zero-order valence-corrected chi connectivity index (χ0v) is 22.5. The molecular weight excluding hydrogens is 534 g/mol. The standard InChI is InChI=1S/C26H27ClF2N6O4/c1-33(2)13-21(36)31-15-11-35(12-15)26(38)16-6-5-14(9-18(16)27)32-25(37)24-30-10-19(34(24)3)17-7-8-20(39-4)23(29)22(17)28/h5-10,15H,11-13H2,1-4H3,(H,31,36)(H,32,37). The molecule has 1 aliphatic heterocycles. The molecule has 2 heterocycles. The lowest BCUT2D eigenvalue weighted by Crippen LogP contribution is -2.61. The molecule has 206 valence electrons. The van der Waals surface area contributed by atoms with Crippen molar-refractivity contribution in [2.45, 2.75) is 6.04 Å². The lowest BCUT2D eigenvalue weighted by Gasteiger charge is -2.39. The number of methoxy groups -OCH3 is 1. The maximum atomic E-state index is 14.6. The van der Waals surface area contributed by atoms with Crippen LogP contribution in [0.15, 0.2) is 36.5 Å². The fourth-order valence-electron chi connectivity index (χ4n) is 4.18. The number of rotatable bonds is 8. The molecule has 1 saturated heterocycles. The molecule has 10 nitrogen and oxygen atoms in total. The number of hydrogen-bond acceptors (Lipinski definition) is 6. The number of imidazole rings is 1. The highest BCUT2D eigenvalue weighted by Crippen LogP contribution is 2.30. The number of ether oxygens (including phenoxy) is 1. The van der Waals surface area contributed by atoms with Crippen molar-refractivity contribution in [2.75, 3.05) is 46.2 Å². The molecular formula is C26H27ClF2N6O4. The van der Waals surface area contributed by atoms with E-state index in [0.717, 1.165) is 0 Å². The van der Waals surface area contributed by atoms with E-state index in [1.165, 1.54) is 55.3 Å². The van der Waals surface area contributed by atoms with E-state index in [-0.39, 0.29) is 57.8 Å². The van der Waals surface area contributed by atoms with Crippen LogP contribution in [0.25, 0.3) is 11.3 Å². The van der Waals surface area contributed by atoms with Crippen molar-refractivity contribution in [3.8, 4) is 17.0 Å². The maximum Gasteiger partial charge on any atom is 0.291 e. The van der Waals surface area contributed by atoms with E-state index in [0.29, 0.717) is 18.8 Å². The van der Waals surface area contributed by atoms with Gasteiger partial charge in [-0.25, -0.2) is 9.37 Å². The average Bonchev–Trinajstić information content (AvgIpc) is 3.23. The van der Waals surface area contributed by atoms with E-state index in [4.69, 9.17) is 16.3 Å². The SMILES string of the molecule is COc1ccc(-c2cnc(C(=O)Nc3ccc(C(=O)N4CC(NC(=O)CN(C)C)C4)c(Cl)c3)n2C)c(F)c1F. The predicted molar refractivity (Wildman–Crippen MR) is 141 cm³/mol. The summed E-state index contributed by atoms with van der Waals surface area (Å²) in [4.78, 5) is 45.0. The number of carbonyl (C=O) groups is 3. The van der Waals surface area contributed by atoms with E-state index in [1.54, 1.807) is 23.9 Å². The minimum absolute atomic E-state index is 0.0557. The van der Waals surface area contributed by atoms with Crippen molar-refractivity contribution in [1.29, 1.82) is 0 Å². The zero-order valence-electron chi connectivity index (χ0n) is 21.7. The largest absolute Gasteiger partial charge is 0.494 e. The summed E-state index contributed by atoms with van der Waals surface area (Å²) in [7, 11) is 6.32. The van der Waals surface area contributed by atoms with Gasteiger partial charge in [0, 0.05) is 31.4 Å². The first-order valence-electron chi connectivity index (χ1n) is 11.9. The molecule has 2 aromatic carbocycles. The third kappa shape index (κ3) is 5.86. The van der Waals surface area contributed by atoms with Crippen LogP contribution in [0.3, 0.4) is 0 Å². The number of likely N-dealkylation sites (tertiary alicyclic amines) is 1. The molecule has 4 rings (SSSR count). The van der Waals surface area contributed by atoms with Crippen LogP contribution < -0.4 is 15.4 Å². The number of hydrogen-bond donors (Lipinski definition) is 2. The van der Waals surface area contributed by atoms with Crippen molar-refractivity contribution in [3.63, 3.8) is 0 Å². The maximum absolute atomic E-state index is 14.6. The first-order chi connectivity index (χ1) is 18.5. The van der Waals surface area contributed by atoms with Gasteiger partial charge in [0.2, 0.25) is 11.7 Å². The van der Waals surface area contributed by atoms with E-state index in [2.05, 4.69) is 15.6 Å². The second kappa shape index (κ2) is 11.4. The Morgan fingerprint density at radius 3 is 2.51 bits per heavy atom. The van der Waals surface area contributed by atoms with Crippen LogP contribution in [0.5, 0.6) is 5.75 Å². The Balaban J connectivity index is 1.41. The Labute approximate surface area is 228 Å². The van der Waals surface area contributed by atoms with Gasteiger partial charge in [-0.15, -0.1) is 0 Å². The molecule has 0 bridgehead atoms. The van der Waals surface area contributed by atoms with Gasteiger partial charge < -0.3 is 29.7 Å². The van der Waals surface area contributed by atoms with Gasteiger partial charge in [0.15, 0.2) is 17.4 Å². The molecule has 2 N–H and O–H groups in total. The highest BCUT2D eigenvalue weighted by Gasteiger charge is 2.33. The molecule has 0 aliphatic carbocycles. The second-order valence-electron chi connectivity index (χ2n) is 9.33. The number of likely N-dealkylation sites (N-methyl/N-ethyl adjacent to an activating group) is 1. The monoisotopic (exact) mass is 560 g/mol. The molecule has 3 aromatic rings. The normalized spacial score (nSPS) is 13.3. The molecule has 1 aliphatic rings. The molecule has 0 spiro atoms. The van der Waals surface area contributed by atoms with Gasteiger partial charge in [0.25, 0.3) is 11.8 Å². The van der Waals surface area contributed by atoms with Gasteiger partial charge in [-0.3, -0.25) is 14.4 Å². The number of nitrogens with one attached hydrogen (secondary N) is 2. The Bertz CT molecular complexity index is 1440. The van der Waals surface area contributed by atoms with Crippen LogP contribution in [0.4, 0.5) is 14.5 Å². The molecule has 1 fully saturated rings. The van der Waals surface area contributed by atoms with E-state index in [9.17, 15) is 23.2 Å². The summed E-state index contributed by atoms with van der Waals surface area (Å²) in [5.41, 5.74) is 0.664. The zero-order chi connectivity index (χ0) is 28.4. The molecule has 0 saturated carbocycles. The van der Waals surface area contributed by atoms with Crippen molar-refractivity contribution >= 4 is 35.0 Å². The van der Waals surface area contributed by atoms with Crippen molar-refractivity contribution in [3.05, 3.63) is 64.6 Å². The summed E-state index contributed by atoms with van der Waals surface area (Å²) in [6.07, 6.45) is 1.26. The molecule has 1 aromatic heterocycles. The first kappa shape index (κ1) is 28.0. The van der Waals surface area contributed by atoms with Crippen molar-refractivity contribution in [1.82, 2.24) is 24.7 Å². The smallest absolute Gasteiger partial charge is 0.291 e. The summed E-state index contributed by atoms with van der Waals surface area (Å²) in [6, 6.07) is 6.96. The van der Waals surface area contributed by atoms with E-state index < -0.39 is 17.5 Å². The fraction of sp³-hybridized carbons (Fsp3) is 0.308.